The molecule has 6 rings (SSSR count). The van der Waals surface area contributed by atoms with E-state index in [1.54, 1.807) is 24.3 Å². The van der Waals surface area contributed by atoms with Crippen molar-refractivity contribution < 1.29 is 53.0 Å². The number of carbonyl (C=O) groups is 9. The normalized spacial score (nSPS) is 21.3. The first-order valence-corrected chi connectivity index (χ1v) is 16.8. The Hall–Kier alpha value is -6.33. The van der Waals surface area contributed by atoms with Gasteiger partial charge in [0.05, 0.1) is 35.5 Å². The van der Waals surface area contributed by atoms with E-state index in [-0.39, 0.29) is 74.2 Å². The number of rotatable bonds is 12. The van der Waals surface area contributed by atoms with Gasteiger partial charge in [0.25, 0.3) is 23.6 Å². The molecule has 0 radical (unpaired) electrons. The number of ether oxygens (including phenoxy) is 1. The quantitative estimate of drug-likeness (QED) is 0.104. The Morgan fingerprint density at radius 1 is 0.717 bits per heavy atom. The van der Waals surface area contributed by atoms with E-state index in [1.807, 2.05) is 0 Å². The van der Waals surface area contributed by atoms with Gasteiger partial charge >= 0.3 is 0 Å². The topological polar surface area (TPSA) is 238 Å². The maximum atomic E-state index is 13.2. The number of imide groups is 3. The number of nitrogens with one attached hydrogen (secondary N) is 4. The summed E-state index contributed by atoms with van der Waals surface area (Å²) in [6.07, 6.45) is 4.45. The second-order valence-electron chi connectivity index (χ2n) is 12.4. The van der Waals surface area contributed by atoms with Crippen LogP contribution in [0.25, 0.3) is 12.2 Å². The van der Waals surface area contributed by atoms with Crippen LogP contribution in [0.5, 0.6) is 0 Å². The smallest absolute Gasteiger partial charge is 0.262 e. The van der Waals surface area contributed by atoms with Crippen LogP contribution in [-0.2, 0) is 28.7 Å². The van der Waals surface area contributed by atoms with Gasteiger partial charge in [-0.2, -0.15) is 0 Å². The van der Waals surface area contributed by atoms with Gasteiger partial charge in [-0.15, -0.1) is 0 Å². The largest absolute Gasteiger partial charge is 0.378 e. The maximum absolute atomic E-state index is 13.2. The van der Waals surface area contributed by atoms with Crippen molar-refractivity contribution in [1.82, 2.24) is 31.1 Å². The van der Waals surface area contributed by atoms with Gasteiger partial charge in [0, 0.05) is 31.7 Å². The minimum Gasteiger partial charge on any atom is -0.378 e. The molecule has 53 heavy (non-hydrogen) atoms. The molecule has 4 heterocycles. The summed E-state index contributed by atoms with van der Waals surface area (Å²) in [5, 5.41) is 19.4. The SMILES string of the molecule is O=C(/C=C/c1cccc2c1C(=O)N(C1CCC(=O)NC1=O)C2=O)NCCOCCNC(=O)/C=C/c1cccc2c1C(=O)N(C1CCC(O)NC1=O)C2=O. The predicted molar refractivity (Wildman–Crippen MR) is 182 cm³/mol. The van der Waals surface area contributed by atoms with E-state index in [2.05, 4.69) is 21.3 Å². The molecule has 17 heteroatoms. The molecular formula is C36H34N6O11. The summed E-state index contributed by atoms with van der Waals surface area (Å²) in [7, 11) is 0. The van der Waals surface area contributed by atoms with Crippen LogP contribution in [0.15, 0.2) is 48.6 Å². The van der Waals surface area contributed by atoms with Crippen molar-refractivity contribution >= 4 is 65.3 Å². The lowest BCUT2D eigenvalue weighted by molar-refractivity contribution is -0.136. The average molecular weight is 727 g/mol. The highest BCUT2D eigenvalue weighted by atomic mass is 16.5. The number of fused-ring (bicyclic) bond motifs is 2. The lowest BCUT2D eigenvalue weighted by Gasteiger charge is -2.31. The van der Waals surface area contributed by atoms with Gasteiger partial charge in [-0.25, -0.2) is 0 Å². The lowest BCUT2D eigenvalue weighted by atomic mass is 10.0. The van der Waals surface area contributed by atoms with Gasteiger partial charge in [-0.05, 0) is 54.7 Å². The molecule has 17 nitrogen and oxygen atoms in total. The van der Waals surface area contributed by atoms with Crippen molar-refractivity contribution in [2.24, 2.45) is 0 Å². The number of aliphatic hydroxyl groups is 1. The number of hydrogen-bond acceptors (Lipinski definition) is 11. The highest BCUT2D eigenvalue weighted by Gasteiger charge is 2.46. The molecule has 5 N–H and O–H groups in total. The highest BCUT2D eigenvalue weighted by Crippen LogP contribution is 2.32. The van der Waals surface area contributed by atoms with Gasteiger partial charge in [0.1, 0.15) is 18.3 Å². The molecule has 274 valence electrons. The predicted octanol–water partition coefficient (Wildman–Crippen LogP) is -0.744. The summed E-state index contributed by atoms with van der Waals surface area (Å²) in [6, 6.07) is 7.01. The highest BCUT2D eigenvalue weighted by molar-refractivity contribution is 6.25. The molecule has 0 spiro atoms. The second kappa shape index (κ2) is 15.5. The second-order valence-corrected chi connectivity index (χ2v) is 12.4. The molecule has 0 aromatic heterocycles. The lowest BCUT2D eigenvalue weighted by Crippen LogP contribution is -2.55. The van der Waals surface area contributed by atoms with Crippen molar-refractivity contribution in [2.75, 3.05) is 26.3 Å². The molecule has 9 amide bonds. The molecule has 3 atom stereocenters. The number of piperidine rings is 2. The summed E-state index contributed by atoms with van der Waals surface area (Å²) in [5.74, 6) is -5.44. The van der Waals surface area contributed by atoms with Gasteiger partial charge < -0.3 is 25.8 Å². The zero-order chi connectivity index (χ0) is 37.8. The standard InChI is InChI=1S/C36H34N6O11/c43-25(11-7-19-3-1-5-21-29(19)35(51)41(33(21)49)23-9-13-27(45)39-31(23)47)37-15-17-53-18-16-38-26(44)12-8-20-4-2-6-22-30(20)36(52)42(34(22)50)24-10-14-28(46)40-32(24)48/h1-8,11-12,23-24,27,45H,9-10,13-18H2,(H,37,43)(H,38,44)(H,39,47)(H,40,46,48)/b11-7+,12-8+. The monoisotopic (exact) mass is 726 g/mol. The van der Waals surface area contributed by atoms with E-state index in [0.29, 0.717) is 11.1 Å². The Balaban J connectivity index is 0.925. The van der Waals surface area contributed by atoms with Crippen LogP contribution >= 0.6 is 0 Å². The fourth-order valence-corrected chi connectivity index (χ4v) is 6.50. The summed E-state index contributed by atoms with van der Waals surface area (Å²) in [5.41, 5.74) is 0.965. The molecule has 4 aliphatic heterocycles. The third-order valence-corrected chi connectivity index (χ3v) is 9.04. The van der Waals surface area contributed by atoms with Crippen LogP contribution in [0.2, 0.25) is 0 Å². The Bertz CT molecular complexity index is 2010. The first-order chi connectivity index (χ1) is 25.5. The first-order valence-electron chi connectivity index (χ1n) is 16.8. The van der Waals surface area contributed by atoms with Gasteiger partial charge in [-0.1, -0.05) is 24.3 Å². The number of amides is 9. The number of nitrogens with zero attached hydrogens (tertiary/aromatic N) is 2. The molecule has 2 fully saturated rings. The van der Waals surface area contributed by atoms with E-state index in [9.17, 15) is 48.3 Å². The van der Waals surface area contributed by atoms with Gasteiger partial charge in [-0.3, -0.25) is 58.3 Å². The molecule has 0 saturated carbocycles. The molecule has 2 saturated heterocycles. The molecule has 2 aromatic rings. The minimum absolute atomic E-state index is 0.00357. The molecule has 0 aliphatic carbocycles. The minimum atomic E-state index is -1.11. The number of carbonyl (C=O) groups excluding carboxylic acids is 9. The van der Waals surface area contributed by atoms with Crippen molar-refractivity contribution in [2.45, 2.75) is 44.0 Å². The van der Waals surface area contributed by atoms with Crippen molar-refractivity contribution in [1.29, 1.82) is 0 Å². The van der Waals surface area contributed by atoms with Gasteiger partial charge in [0.2, 0.25) is 29.5 Å². The third kappa shape index (κ3) is 7.51. The van der Waals surface area contributed by atoms with E-state index in [1.165, 1.54) is 36.4 Å². The first kappa shape index (κ1) is 36.5. The van der Waals surface area contributed by atoms with Crippen LogP contribution in [0, 0.1) is 0 Å². The van der Waals surface area contributed by atoms with Crippen molar-refractivity contribution in [3.8, 4) is 0 Å². The van der Waals surface area contributed by atoms with Crippen molar-refractivity contribution in [3.63, 3.8) is 0 Å². The molecule has 0 bridgehead atoms. The summed E-state index contributed by atoms with van der Waals surface area (Å²) >= 11 is 0. The Morgan fingerprint density at radius 2 is 1.23 bits per heavy atom. The molecular weight excluding hydrogens is 692 g/mol. The summed E-state index contributed by atoms with van der Waals surface area (Å²) in [6.45, 7) is 0.471. The fraction of sp³-hybridized carbons (Fsp3) is 0.306. The van der Waals surface area contributed by atoms with Crippen LogP contribution in [0.1, 0.15) is 78.2 Å². The van der Waals surface area contributed by atoms with Crippen LogP contribution in [0.4, 0.5) is 0 Å². The summed E-state index contributed by atoms with van der Waals surface area (Å²) < 4.78 is 5.45. The number of aliphatic hydroxyl groups excluding tert-OH is 1. The summed E-state index contributed by atoms with van der Waals surface area (Å²) in [4.78, 5) is 115. The van der Waals surface area contributed by atoms with Crippen LogP contribution in [0.3, 0.4) is 0 Å². The number of benzene rings is 2. The molecule has 2 aromatic carbocycles. The Kier molecular flexibility index (Phi) is 10.7. The van der Waals surface area contributed by atoms with Crippen LogP contribution < -0.4 is 21.3 Å². The van der Waals surface area contributed by atoms with E-state index >= 15 is 0 Å². The van der Waals surface area contributed by atoms with E-state index in [0.717, 1.165) is 9.80 Å². The molecule has 3 unspecified atom stereocenters. The molecule has 4 aliphatic rings. The zero-order valence-corrected chi connectivity index (χ0v) is 28.1. The zero-order valence-electron chi connectivity index (χ0n) is 28.1. The third-order valence-electron chi connectivity index (χ3n) is 9.04. The van der Waals surface area contributed by atoms with Crippen molar-refractivity contribution in [3.05, 3.63) is 81.9 Å². The fourth-order valence-electron chi connectivity index (χ4n) is 6.50. The van der Waals surface area contributed by atoms with E-state index in [4.69, 9.17) is 4.74 Å². The number of hydrogen-bond donors (Lipinski definition) is 5. The average Bonchev–Trinajstić information content (AvgIpc) is 3.54. The Labute approximate surface area is 301 Å². The Morgan fingerprint density at radius 3 is 1.72 bits per heavy atom. The maximum Gasteiger partial charge on any atom is 0.262 e. The van der Waals surface area contributed by atoms with Crippen LogP contribution in [-0.4, -0.2) is 113 Å². The van der Waals surface area contributed by atoms with E-state index < -0.39 is 71.5 Å². The van der Waals surface area contributed by atoms with Gasteiger partial charge in [0.15, 0.2) is 0 Å².